The Hall–Kier alpha value is -2.14. The fraction of sp³-hybridized carbons (Fsp3) is 0.0769. The lowest BCUT2D eigenvalue weighted by Gasteiger charge is -2.08. The zero-order chi connectivity index (χ0) is 13.0. The van der Waals surface area contributed by atoms with Gasteiger partial charge in [0.15, 0.2) is 0 Å². The minimum absolute atomic E-state index is 0.243. The van der Waals surface area contributed by atoms with Crippen LogP contribution < -0.4 is 5.32 Å². The van der Waals surface area contributed by atoms with Crippen molar-refractivity contribution < 1.29 is 14.3 Å². The number of amides is 1. The molecule has 0 aliphatic heterocycles. The van der Waals surface area contributed by atoms with Crippen molar-refractivity contribution in [3.05, 3.63) is 52.2 Å². The first kappa shape index (κ1) is 12.3. The van der Waals surface area contributed by atoms with Crippen molar-refractivity contribution in [2.24, 2.45) is 0 Å². The van der Waals surface area contributed by atoms with Gasteiger partial charge in [0.1, 0.15) is 0 Å². The van der Waals surface area contributed by atoms with Crippen molar-refractivity contribution in [3.8, 4) is 0 Å². The van der Waals surface area contributed by atoms with Gasteiger partial charge in [-0.1, -0.05) is 12.1 Å². The van der Waals surface area contributed by atoms with Crippen molar-refractivity contribution in [1.29, 1.82) is 0 Å². The monoisotopic (exact) mass is 261 g/mol. The minimum Gasteiger partial charge on any atom is -0.465 e. The number of carbonyl (C=O) groups excluding carboxylic acids is 2. The van der Waals surface area contributed by atoms with E-state index in [9.17, 15) is 9.59 Å². The maximum atomic E-state index is 11.9. The van der Waals surface area contributed by atoms with Crippen LogP contribution in [0.25, 0.3) is 0 Å². The molecule has 1 aromatic heterocycles. The number of hydrogen-bond acceptors (Lipinski definition) is 4. The van der Waals surface area contributed by atoms with Gasteiger partial charge in [0.05, 0.1) is 23.9 Å². The second kappa shape index (κ2) is 5.46. The Morgan fingerprint density at radius 3 is 2.67 bits per heavy atom. The van der Waals surface area contributed by atoms with Crippen LogP contribution in [0, 0.1) is 0 Å². The predicted molar refractivity (Wildman–Crippen MR) is 70.1 cm³/mol. The molecule has 0 spiro atoms. The molecule has 4 nitrogen and oxygen atoms in total. The number of carbonyl (C=O) groups is 2. The third-order valence-corrected chi connectivity index (χ3v) is 3.05. The lowest BCUT2D eigenvalue weighted by molar-refractivity contribution is 0.0602. The Morgan fingerprint density at radius 1 is 1.22 bits per heavy atom. The number of ether oxygens (including phenoxy) is 1. The first-order chi connectivity index (χ1) is 8.72. The van der Waals surface area contributed by atoms with Gasteiger partial charge in [-0.2, -0.15) is 11.3 Å². The molecule has 0 saturated heterocycles. The van der Waals surface area contributed by atoms with Gasteiger partial charge in [0.25, 0.3) is 5.91 Å². The van der Waals surface area contributed by atoms with Crippen molar-refractivity contribution >= 4 is 28.9 Å². The summed E-state index contributed by atoms with van der Waals surface area (Å²) in [6.45, 7) is 0. The summed E-state index contributed by atoms with van der Waals surface area (Å²) in [5.74, 6) is -0.719. The Balaban J connectivity index is 2.24. The molecule has 18 heavy (non-hydrogen) atoms. The number of rotatable bonds is 3. The Labute approximate surface area is 108 Å². The maximum absolute atomic E-state index is 11.9. The topological polar surface area (TPSA) is 55.4 Å². The van der Waals surface area contributed by atoms with Crippen molar-refractivity contribution in [3.63, 3.8) is 0 Å². The van der Waals surface area contributed by atoms with Gasteiger partial charge >= 0.3 is 5.97 Å². The summed E-state index contributed by atoms with van der Waals surface area (Å²) in [6.07, 6.45) is 0. The highest BCUT2D eigenvalue weighted by Gasteiger charge is 2.14. The summed E-state index contributed by atoms with van der Waals surface area (Å²) in [6, 6.07) is 8.45. The zero-order valence-electron chi connectivity index (χ0n) is 9.67. The molecule has 0 aliphatic rings. The van der Waals surface area contributed by atoms with Crippen LogP contribution in [0.5, 0.6) is 0 Å². The van der Waals surface area contributed by atoms with Crippen LogP contribution in [0.3, 0.4) is 0 Å². The summed E-state index contributed by atoms with van der Waals surface area (Å²) in [5.41, 5.74) is 1.35. The lowest BCUT2D eigenvalue weighted by atomic mass is 10.1. The normalized spacial score (nSPS) is 9.83. The van der Waals surface area contributed by atoms with E-state index in [0.717, 1.165) is 0 Å². The number of thiophene rings is 1. The lowest BCUT2D eigenvalue weighted by Crippen LogP contribution is -2.14. The summed E-state index contributed by atoms with van der Waals surface area (Å²) in [7, 11) is 1.31. The first-order valence-corrected chi connectivity index (χ1v) is 6.17. The van der Waals surface area contributed by atoms with Crippen LogP contribution in [-0.2, 0) is 4.74 Å². The minimum atomic E-state index is -0.476. The number of para-hydroxylation sites is 1. The number of benzene rings is 1. The van der Waals surface area contributed by atoms with E-state index in [0.29, 0.717) is 16.8 Å². The van der Waals surface area contributed by atoms with Crippen LogP contribution in [0.4, 0.5) is 5.69 Å². The van der Waals surface area contributed by atoms with Crippen molar-refractivity contribution in [2.45, 2.75) is 0 Å². The van der Waals surface area contributed by atoms with E-state index < -0.39 is 5.97 Å². The van der Waals surface area contributed by atoms with E-state index >= 15 is 0 Å². The molecule has 0 unspecified atom stereocenters. The van der Waals surface area contributed by atoms with Gasteiger partial charge in [-0.25, -0.2) is 4.79 Å². The Bertz CT molecular complexity index is 563. The van der Waals surface area contributed by atoms with Crippen LogP contribution in [0.1, 0.15) is 20.7 Å². The maximum Gasteiger partial charge on any atom is 0.339 e. The molecule has 2 rings (SSSR count). The second-order valence-corrected chi connectivity index (χ2v) is 4.28. The smallest absolute Gasteiger partial charge is 0.339 e. The molecule has 0 radical (unpaired) electrons. The highest BCUT2D eigenvalue weighted by Crippen LogP contribution is 2.17. The van der Waals surface area contributed by atoms with Crippen LogP contribution >= 0.6 is 11.3 Å². The molecule has 0 atom stereocenters. The molecular weight excluding hydrogens is 250 g/mol. The van der Waals surface area contributed by atoms with Crippen LogP contribution in [-0.4, -0.2) is 19.0 Å². The van der Waals surface area contributed by atoms with E-state index in [1.807, 2.05) is 5.38 Å². The van der Waals surface area contributed by atoms with Gasteiger partial charge < -0.3 is 10.1 Å². The number of methoxy groups -OCH3 is 1. The fourth-order valence-corrected chi connectivity index (χ4v) is 2.10. The van der Waals surface area contributed by atoms with E-state index in [1.165, 1.54) is 18.4 Å². The zero-order valence-corrected chi connectivity index (χ0v) is 10.5. The van der Waals surface area contributed by atoms with Gasteiger partial charge in [0.2, 0.25) is 0 Å². The fourth-order valence-electron chi connectivity index (χ4n) is 1.47. The van der Waals surface area contributed by atoms with Crippen LogP contribution in [0.2, 0.25) is 0 Å². The standard InChI is InChI=1S/C13H11NO3S/c1-17-13(16)10-4-2-3-5-11(10)14-12(15)9-6-7-18-8-9/h2-8H,1H3,(H,14,15). The SMILES string of the molecule is COC(=O)c1ccccc1NC(=O)c1ccsc1. The highest BCUT2D eigenvalue weighted by atomic mass is 32.1. The largest absolute Gasteiger partial charge is 0.465 e. The van der Waals surface area contributed by atoms with Gasteiger partial charge in [-0.05, 0) is 23.6 Å². The van der Waals surface area contributed by atoms with Crippen molar-refractivity contribution in [2.75, 3.05) is 12.4 Å². The van der Waals surface area contributed by atoms with Gasteiger partial charge in [-0.15, -0.1) is 0 Å². The number of anilines is 1. The molecule has 0 aliphatic carbocycles. The molecule has 1 amide bonds. The summed E-state index contributed by atoms with van der Waals surface area (Å²) in [4.78, 5) is 23.4. The quantitative estimate of drug-likeness (QED) is 0.864. The molecule has 92 valence electrons. The number of nitrogens with one attached hydrogen (secondary N) is 1. The second-order valence-electron chi connectivity index (χ2n) is 3.50. The Morgan fingerprint density at radius 2 is 2.00 bits per heavy atom. The predicted octanol–water partition coefficient (Wildman–Crippen LogP) is 2.79. The molecule has 1 N–H and O–H groups in total. The van der Waals surface area contributed by atoms with Gasteiger partial charge in [0, 0.05) is 5.38 Å². The van der Waals surface area contributed by atoms with E-state index in [1.54, 1.807) is 35.7 Å². The molecule has 1 aromatic carbocycles. The molecule has 0 bridgehead atoms. The number of esters is 1. The van der Waals surface area contributed by atoms with E-state index in [4.69, 9.17) is 0 Å². The molecular formula is C13H11NO3S. The summed E-state index contributed by atoms with van der Waals surface area (Å²) >= 11 is 1.44. The number of hydrogen-bond donors (Lipinski definition) is 1. The molecule has 2 aromatic rings. The average molecular weight is 261 g/mol. The average Bonchev–Trinajstić information content (AvgIpc) is 2.92. The third-order valence-electron chi connectivity index (χ3n) is 2.36. The highest BCUT2D eigenvalue weighted by molar-refractivity contribution is 7.08. The molecule has 0 fully saturated rings. The third kappa shape index (κ3) is 2.57. The molecule has 1 heterocycles. The van der Waals surface area contributed by atoms with Gasteiger partial charge in [-0.3, -0.25) is 4.79 Å². The Kier molecular flexibility index (Phi) is 3.74. The first-order valence-electron chi connectivity index (χ1n) is 5.23. The summed E-state index contributed by atoms with van der Waals surface area (Å²) < 4.78 is 4.66. The molecule has 5 heteroatoms. The van der Waals surface area contributed by atoms with Crippen molar-refractivity contribution in [1.82, 2.24) is 0 Å². The van der Waals surface area contributed by atoms with E-state index in [-0.39, 0.29) is 5.91 Å². The summed E-state index contributed by atoms with van der Waals surface area (Å²) in [5, 5.41) is 6.26. The van der Waals surface area contributed by atoms with E-state index in [2.05, 4.69) is 10.1 Å². The molecule has 0 saturated carbocycles. The van der Waals surface area contributed by atoms with Crippen LogP contribution in [0.15, 0.2) is 41.1 Å².